The molecule has 3 N–H and O–H groups in total. The standard InChI is InChI=1S/C11H14N4O2S/c1-16-10-7-11(17-2)14-15(13-10)18-9-5-3-8(12)4-6-9/h3-7,13H,12H2,1-2H3. The number of hydrogen-bond acceptors (Lipinski definition) is 7. The number of ether oxygens (including phenoxy) is 2. The highest BCUT2D eigenvalue weighted by Gasteiger charge is 2.14. The second-order valence-electron chi connectivity index (χ2n) is 3.40. The van der Waals surface area contributed by atoms with Crippen LogP contribution in [0.5, 0.6) is 0 Å². The molecule has 1 aromatic carbocycles. The Morgan fingerprint density at radius 3 is 2.56 bits per heavy atom. The van der Waals surface area contributed by atoms with Gasteiger partial charge in [-0.1, -0.05) is 0 Å². The van der Waals surface area contributed by atoms with E-state index >= 15 is 0 Å². The van der Waals surface area contributed by atoms with Crippen LogP contribution in [-0.4, -0.2) is 24.6 Å². The molecule has 96 valence electrons. The Balaban J connectivity index is 2.08. The van der Waals surface area contributed by atoms with Gasteiger partial charge < -0.3 is 15.2 Å². The lowest BCUT2D eigenvalue weighted by Crippen LogP contribution is -2.33. The molecule has 0 spiro atoms. The van der Waals surface area contributed by atoms with Gasteiger partial charge in [-0.2, -0.15) is 0 Å². The largest absolute Gasteiger partial charge is 0.481 e. The fraction of sp³-hybridized carbons (Fsp3) is 0.182. The maximum atomic E-state index is 5.63. The second kappa shape index (κ2) is 5.54. The first-order chi connectivity index (χ1) is 8.71. The van der Waals surface area contributed by atoms with Gasteiger partial charge in [0, 0.05) is 22.5 Å². The molecule has 0 saturated heterocycles. The molecule has 6 nitrogen and oxygen atoms in total. The predicted octanol–water partition coefficient (Wildman–Crippen LogP) is 1.54. The Morgan fingerprint density at radius 1 is 1.22 bits per heavy atom. The van der Waals surface area contributed by atoms with E-state index in [9.17, 15) is 0 Å². The summed E-state index contributed by atoms with van der Waals surface area (Å²) in [4.78, 5) is 0.994. The van der Waals surface area contributed by atoms with Gasteiger partial charge >= 0.3 is 0 Å². The van der Waals surface area contributed by atoms with Crippen molar-refractivity contribution < 1.29 is 9.47 Å². The van der Waals surface area contributed by atoms with E-state index in [2.05, 4.69) is 10.5 Å². The minimum Gasteiger partial charge on any atom is -0.481 e. The van der Waals surface area contributed by atoms with Gasteiger partial charge in [-0.3, -0.25) is 0 Å². The van der Waals surface area contributed by atoms with E-state index in [0.717, 1.165) is 10.6 Å². The molecule has 0 radical (unpaired) electrons. The smallest absolute Gasteiger partial charge is 0.239 e. The van der Waals surface area contributed by atoms with Crippen LogP contribution in [-0.2, 0) is 9.47 Å². The van der Waals surface area contributed by atoms with Crippen molar-refractivity contribution in [3.63, 3.8) is 0 Å². The summed E-state index contributed by atoms with van der Waals surface area (Å²) in [7, 11) is 3.13. The van der Waals surface area contributed by atoms with Gasteiger partial charge in [-0.25, -0.2) is 5.43 Å². The van der Waals surface area contributed by atoms with Crippen LogP contribution < -0.4 is 11.2 Å². The average molecular weight is 266 g/mol. The van der Waals surface area contributed by atoms with Crippen molar-refractivity contribution in [1.82, 2.24) is 9.95 Å². The maximum absolute atomic E-state index is 5.63. The molecule has 0 bridgehead atoms. The van der Waals surface area contributed by atoms with Crippen LogP contribution in [0.4, 0.5) is 5.69 Å². The number of benzene rings is 1. The van der Waals surface area contributed by atoms with Crippen molar-refractivity contribution >= 4 is 23.5 Å². The van der Waals surface area contributed by atoms with Gasteiger partial charge in [0.15, 0.2) is 0 Å². The van der Waals surface area contributed by atoms with E-state index in [4.69, 9.17) is 15.2 Å². The number of nitrogen functional groups attached to an aromatic ring is 1. The van der Waals surface area contributed by atoms with Crippen LogP contribution in [0.25, 0.3) is 0 Å². The summed E-state index contributed by atoms with van der Waals surface area (Å²) in [6.07, 6.45) is 1.67. The molecule has 18 heavy (non-hydrogen) atoms. The molecule has 2 rings (SSSR count). The first-order valence-corrected chi connectivity index (χ1v) is 5.97. The molecular formula is C11H14N4O2S. The Kier molecular flexibility index (Phi) is 3.83. The second-order valence-corrected chi connectivity index (χ2v) is 4.40. The molecule has 1 aliphatic rings. The Morgan fingerprint density at radius 2 is 1.94 bits per heavy atom. The normalized spacial score (nSPS) is 14.4. The van der Waals surface area contributed by atoms with Gasteiger partial charge in [0.05, 0.1) is 20.3 Å². The Bertz CT molecular complexity index is 472. The van der Waals surface area contributed by atoms with Crippen LogP contribution >= 0.6 is 11.9 Å². The molecule has 1 aromatic rings. The van der Waals surface area contributed by atoms with Crippen molar-refractivity contribution in [2.24, 2.45) is 5.10 Å². The van der Waals surface area contributed by atoms with E-state index in [1.807, 2.05) is 24.3 Å². The summed E-state index contributed by atoms with van der Waals surface area (Å²) in [5, 5.41) is 4.21. The third-order valence-corrected chi connectivity index (χ3v) is 2.98. The van der Waals surface area contributed by atoms with E-state index in [-0.39, 0.29) is 0 Å². The summed E-state index contributed by atoms with van der Waals surface area (Å²) in [6.45, 7) is 0. The molecule has 0 aromatic heterocycles. The fourth-order valence-electron chi connectivity index (χ4n) is 1.26. The topological polar surface area (TPSA) is 72.1 Å². The zero-order chi connectivity index (χ0) is 13.0. The van der Waals surface area contributed by atoms with Crippen LogP contribution in [0.15, 0.2) is 46.2 Å². The van der Waals surface area contributed by atoms with Crippen molar-refractivity contribution in [2.45, 2.75) is 4.90 Å². The summed E-state index contributed by atoms with van der Waals surface area (Å²) in [6, 6.07) is 7.49. The molecule has 0 saturated carbocycles. The monoisotopic (exact) mass is 266 g/mol. The van der Waals surface area contributed by atoms with Crippen molar-refractivity contribution in [2.75, 3.05) is 20.0 Å². The van der Waals surface area contributed by atoms with Gasteiger partial charge in [0.2, 0.25) is 11.8 Å². The molecular weight excluding hydrogens is 252 g/mol. The van der Waals surface area contributed by atoms with E-state index in [1.165, 1.54) is 11.9 Å². The van der Waals surface area contributed by atoms with Crippen molar-refractivity contribution in [1.29, 1.82) is 0 Å². The third-order valence-electron chi connectivity index (χ3n) is 2.15. The molecule has 1 heterocycles. The summed E-state index contributed by atoms with van der Waals surface area (Å²) in [5.41, 5.74) is 9.33. The van der Waals surface area contributed by atoms with E-state index in [1.54, 1.807) is 24.8 Å². The van der Waals surface area contributed by atoms with Crippen LogP contribution in [0.3, 0.4) is 0 Å². The summed E-state index contributed by atoms with van der Waals surface area (Å²) < 4.78 is 11.8. The number of methoxy groups -OCH3 is 2. The first kappa shape index (κ1) is 12.4. The van der Waals surface area contributed by atoms with Crippen molar-refractivity contribution in [3.8, 4) is 0 Å². The van der Waals surface area contributed by atoms with Gasteiger partial charge in [-0.05, 0) is 24.3 Å². The zero-order valence-corrected chi connectivity index (χ0v) is 10.9. The lowest BCUT2D eigenvalue weighted by atomic mass is 10.3. The average Bonchev–Trinajstić information content (AvgIpc) is 2.41. The highest BCUT2D eigenvalue weighted by Crippen LogP contribution is 2.24. The number of anilines is 1. The van der Waals surface area contributed by atoms with Crippen molar-refractivity contribution in [3.05, 3.63) is 36.2 Å². The molecule has 0 amide bonds. The molecule has 0 fully saturated rings. The van der Waals surface area contributed by atoms with E-state index in [0.29, 0.717) is 11.8 Å². The maximum Gasteiger partial charge on any atom is 0.239 e. The highest BCUT2D eigenvalue weighted by molar-refractivity contribution is 7.97. The third kappa shape index (κ3) is 3.01. The predicted molar refractivity (Wildman–Crippen MR) is 71.2 cm³/mol. The van der Waals surface area contributed by atoms with Crippen LogP contribution in [0.1, 0.15) is 0 Å². The first-order valence-electron chi connectivity index (χ1n) is 5.20. The van der Waals surface area contributed by atoms with Crippen LogP contribution in [0.2, 0.25) is 0 Å². The number of nitrogens with zero attached hydrogens (tertiary/aromatic N) is 2. The number of rotatable bonds is 3. The number of nitrogens with two attached hydrogens (primary N) is 1. The Hall–Kier alpha value is -2.02. The minimum atomic E-state index is 0.466. The van der Waals surface area contributed by atoms with Gasteiger partial charge in [-0.15, -0.1) is 9.62 Å². The number of hydrogen-bond donors (Lipinski definition) is 2. The lowest BCUT2D eigenvalue weighted by Gasteiger charge is -2.24. The number of nitrogens with one attached hydrogen (secondary N) is 1. The van der Waals surface area contributed by atoms with E-state index < -0.39 is 0 Å². The Labute approximate surface area is 110 Å². The summed E-state index contributed by atoms with van der Waals surface area (Å²) >= 11 is 1.39. The van der Waals surface area contributed by atoms with Gasteiger partial charge in [0.1, 0.15) is 0 Å². The van der Waals surface area contributed by atoms with Gasteiger partial charge in [0.25, 0.3) is 0 Å². The summed E-state index contributed by atoms with van der Waals surface area (Å²) in [5.74, 6) is 1.03. The van der Waals surface area contributed by atoms with Crippen LogP contribution in [0, 0.1) is 0 Å². The molecule has 1 aliphatic heterocycles. The molecule has 0 aliphatic carbocycles. The molecule has 0 unspecified atom stereocenters. The lowest BCUT2D eigenvalue weighted by molar-refractivity contribution is 0.204. The molecule has 7 heteroatoms. The number of hydrazine groups is 1. The number of hydrazone groups is 1. The minimum absolute atomic E-state index is 0.466. The fourth-order valence-corrected chi connectivity index (χ4v) is 1.97. The zero-order valence-electron chi connectivity index (χ0n) is 10.1. The SMILES string of the molecule is COC1=CC(OC)=NN(Sc2ccc(N)cc2)N1. The quantitative estimate of drug-likeness (QED) is 0.639. The highest BCUT2D eigenvalue weighted by atomic mass is 32.2. The molecule has 0 atom stereocenters.